The molecule has 20 heavy (non-hydrogen) atoms. The van der Waals surface area contributed by atoms with E-state index in [-0.39, 0.29) is 12.1 Å². The van der Waals surface area contributed by atoms with Gasteiger partial charge in [-0.25, -0.2) is 13.2 Å². The predicted octanol–water partition coefficient (Wildman–Crippen LogP) is 4.49. The Bertz CT molecular complexity index is 634. The number of rotatable bonds is 4. The van der Waals surface area contributed by atoms with Gasteiger partial charge in [-0.05, 0) is 40.2 Å². The van der Waals surface area contributed by atoms with Crippen molar-refractivity contribution in [2.45, 2.75) is 6.54 Å². The molecule has 0 spiro atoms. The van der Waals surface area contributed by atoms with E-state index in [1.807, 2.05) is 0 Å². The Kier molecular flexibility index (Phi) is 4.54. The first-order valence-corrected chi connectivity index (χ1v) is 6.51. The molecule has 2 aromatic carbocycles. The third kappa shape index (κ3) is 3.25. The molecular weight excluding hydrogens is 335 g/mol. The van der Waals surface area contributed by atoms with Crippen LogP contribution < -0.4 is 10.1 Å². The van der Waals surface area contributed by atoms with Crippen molar-refractivity contribution in [2.75, 3.05) is 12.4 Å². The molecule has 0 aliphatic carbocycles. The molecule has 0 heterocycles. The molecule has 0 saturated carbocycles. The van der Waals surface area contributed by atoms with Crippen LogP contribution in [0.3, 0.4) is 0 Å². The lowest BCUT2D eigenvalue weighted by Crippen LogP contribution is -2.03. The minimum absolute atomic E-state index is 0.0435. The molecule has 6 heteroatoms. The molecular formula is C14H11BrF3NO. The Morgan fingerprint density at radius 3 is 2.40 bits per heavy atom. The number of hydrogen-bond donors (Lipinski definition) is 1. The van der Waals surface area contributed by atoms with Gasteiger partial charge in [0.15, 0.2) is 11.6 Å². The Morgan fingerprint density at radius 1 is 1.05 bits per heavy atom. The van der Waals surface area contributed by atoms with Gasteiger partial charge in [-0.15, -0.1) is 0 Å². The van der Waals surface area contributed by atoms with Gasteiger partial charge in [-0.3, -0.25) is 0 Å². The molecule has 0 saturated heterocycles. The summed E-state index contributed by atoms with van der Waals surface area (Å²) in [5.41, 5.74) is 0.748. The van der Waals surface area contributed by atoms with E-state index in [4.69, 9.17) is 4.74 Å². The van der Waals surface area contributed by atoms with Gasteiger partial charge in [0, 0.05) is 23.9 Å². The monoisotopic (exact) mass is 345 g/mol. The van der Waals surface area contributed by atoms with Crippen molar-refractivity contribution in [3.8, 4) is 5.75 Å². The SMILES string of the molecule is COc1ccc(NCc2cc(F)c(F)cc2F)cc1Br. The normalized spacial score (nSPS) is 10.4. The average molecular weight is 346 g/mol. The molecule has 0 aromatic heterocycles. The summed E-state index contributed by atoms with van der Waals surface area (Å²) in [7, 11) is 1.55. The van der Waals surface area contributed by atoms with Gasteiger partial charge in [0.1, 0.15) is 11.6 Å². The Labute approximate surface area is 122 Å². The maximum absolute atomic E-state index is 13.5. The van der Waals surface area contributed by atoms with Crippen LogP contribution >= 0.6 is 15.9 Å². The summed E-state index contributed by atoms with van der Waals surface area (Å²) < 4.78 is 45.1. The zero-order valence-corrected chi connectivity index (χ0v) is 12.1. The molecule has 0 aliphatic heterocycles. The third-order valence-corrected chi connectivity index (χ3v) is 3.34. The van der Waals surface area contributed by atoms with Crippen molar-refractivity contribution in [3.63, 3.8) is 0 Å². The van der Waals surface area contributed by atoms with E-state index in [9.17, 15) is 13.2 Å². The fourth-order valence-electron chi connectivity index (χ4n) is 1.67. The quantitative estimate of drug-likeness (QED) is 0.824. The first kappa shape index (κ1) is 14.7. The fourth-order valence-corrected chi connectivity index (χ4v) is 2.21. The maximum atomic E-state index is 13.5. The molecule has 0 unspecified atom stereocenters. The van der Waals surface area contributed by atoms with E-state index < -0.39 is 17.5 Å². The summed E-state index contributed by atoms with van der Waals surface area (Å²) in [5.74, 6) is -2.39. The van der Waals surface area contributed by atoms with Gasteiger partial charge in [-0.1, -0.05) is 0 Å². The van der Waals surface area contributed by atoms with E-state index in [2.05, 4.69) is 21.2 Å². The molecule has 0 fully saturated rings. The van der Waals surface area contributed by atoms with Crippen molar-refractivity contribution >= 4 is 21.6 Å². The zero-order valence-electron chi connectivity index (χ0n) is 10.5. The summed E-state index contributed by atoms with van der Waals surface area (Å²) in [5, 5.41) is 2.93. The second-order valence-corrected chi connectivity index (χ2v) is 4.91. The summed E-state index contributed by atoms with van der Waals surface area (Å²) in [6, 6.07) is 6.60. The van der Waals surface area contributed by atoms with Crippen molar-refractivity contribution in [1.29, 1.82) is 0 Å². The lowest BCUT2D eigenvalue weighted by molar-refractivity contribution is 0.412. The van der Waals surface area contributed by atoms with Crippen LogP contribution in [0.15, 0.2) is 34.8 Å². The van der Waals surface area contributed by atoms with Gasteiger partial charge < -0.3 is 10.1 Å². The van der Waals surface area contributed by atoms with Crippen LogP contribution in [0.25, 0.3) is 0 Å². The number of anilines is 1. The summed E-state index contributed by atoms with van der Waals surface area (Å²) in [6.07, 6.45) is 0. The van der Waals surface area contributed by atoms with Gasteiger partial charge in [0.25, 0.3) is 0 Å². The molecule has 2 aromatic rings. The highest BCUT2D eigenvalue weighted by Crippen LogP contribution is 2.28. The van der Waals surface area contributed by atoms with E-state index >= 15 is 0 Å². The lowest BCUT2D eigenvalue weighted by atomic mass is 10.2. The smallest absolute Gasteiger partial charge is 0.161 e. The summed E-state index contributed by atoms with van der Waals surface area (Å²) in [4.78, 5) is 0. The topological polar surface area (TPSA) is 21.3 Å². The van der Waals surface area contributed by atoms with Crippen LogP contribution in [0.5, 0.6) is 5.75 Å². The Balaban J connectivity index is 2.13. The largest absolute Gasteiger partial charge is 0.496 e. The maximum Gasteiger partial charge on any atom is 0.161 e. The zero-order chi connectivity index (χ0) is 14.7. The number of benzene rings is 2. The van der Waals surface area contributed by atoms with Crippen molar-refractivity contribution in [3.05, 3.63) is 57.8 Å². The standard InChI is InChI=1S/C14H11BrF3NO/c1-20-14-3-2-9(5-10(14)15)19-7-8-4-12(17)13(18)6-11(8)16/h2-6,19H,7H2,1H3. The van der Waals surface area contributed by atoms with Crippen LogP contribution in [0.2, 0.25) is 0 Å². The summed E-state index contributed by atoms with van der Waals surface area (Å²) >= 11 is 3.32. The Hall–Kier alpha value is -1.69. The van der Waals surface area contributed by atoms with E-state index in [0.717, 1.165) is 10.5 Å². The van der Waals surface area contributed by atoms with Crippen LogP contribution in [0.4, 0.5) is 18.9 Å². The second kappa shape index (κ2) is 6.17. The number of nitrogens with one attached hydrogen (secondary N) is 1. The second-order valence-electron chi connectivity index (χ2n) is 4.06. The van der Waals surface area contributed by atoms with E-state index in [1.54, 1.807) is 25.3 Å². The minimum atomic E-state index is -1.20. The summed E-state index contributed by atoms with van der Waals surface area (Å²) in [6.45, 7) is 0.0435. The van der Waals surface area contributed by atoms with Gasteiger partial charge >= 0.3 is 0 Å². The number of ether oxygens (including phenoxy) is 1. The molecule has 0 radical (unpaired) electrons. The first-order chi connectivity index (χ1) is 9.51. The van der Waals surface area contributed by atoms with Crippen LogP contribution in [-0.2, 0) is 6.54 Å². The highest BCUT2D eigenvalue weighted by Gasteiger charge is 2.10. The molecule has 0 amide bonds. The minimum Gasteiger partial charge on any atom is -0.496 e. The molecule has 1 N–H and O–H groups in total. The van der Waals surface area contributed by atoms with Crippen molar-refractivity contribution in [1.82, 2.24) is 0 Å². The number of halogens is 4. The highest BCUT2D eigenvalue weighted by molar-refractivity contribution is 9.10. The van der Waals surface area contributed by atoms with Gasteiger partial charge in [-0.2, -0.15) is 0 Å². The first-order valence-electron chi connectivity index (χ1n) is 5.72. The van der Waals surface area contributed by atoms with Gasteiger partial charge in [0.05, 0.1) is 11.6 Å². The predicted molar refractivity (Wildman–Crippen MR) is 74.3 cm³/mol. The molecule has 2 rings (SSSR count). The Morgan fingerprint density at radius 2 is 1.75 bits per heavy atom. The highest BCUT2D eigenvalue weighted by atomic mass is 79.9. The van der Waals surface area contributed by atoms with Crippen LogP contribution in [-0.4, -0.2) is 7.11 Å². The molecule has 0 aliphatic rings. The van der Waals surface area contributed by atoms with Crippen molar-refractivity contribution in [2.24, 2.45) is 0 Å². The molecule has 106 valence electrons. The van der Waals surface area contributed by atoms with Crippen LogP contribution in [0, 0.1) is 17.5 Å². The number of hydrogen-bond acceptors (Lipinski definition) is 2. The van der Waals surface area contributed by atoms with E-state index in [0.29, 0.717) is 17.5 Å². The number of methoxy groups -OCH3 is 1. The van der Waals surface area contributed by atoms with Crippen LogP contribution in [0.1, 0.15) is 5.56 Å². The lowest BCUT2D eigenvalue weighted by Gasteiger charge is -2.10. The van der Waals surface area contributed by atoms with Crippen molar-refractivity contribution < 1.29 is 17.9 Å². The molecule has 2 nitrogen and oxygen atoms in total. The fraction of sp³-hybridized carbons (Fsp3) is 0.143. The average Bonchev–Trinajstić information content (AvgIpc) is 2.41. The van der Waals surface area contributed by atoms with Gasteiger partial charge in [0.2, 0.25) is 0 Å². The van der Waals surface area contributed by atoms with E-state index in [1.165, 1.54) is 0 Å². The molecule has 0 bridgehead atoms. The molecule has 0 atom stereocenters. The third-order valence-electron chi connectivity index (χ3n) is 2.72.